The van der Waals surface area contributed by atoms with E-state index in [0.29, 0.717) is 24.2 Å². The number of amides is 1. The zero-order chi connectivity index (χ0) is 18.3. The van der Waals surface area contributed by atoms with Gasteiger partial charge >= 0.3 is 0 Å². The Morgan fingerprint density at radius 2 is 2.12 bits per heavy atom. The van der Waals surface area contributed by atoms with E-state index in [0.717, 1.165) is 11.1 Å². The first kappa shape index (κ1) is 16.5. The fourth-order valence-corrected chi connectivity index (χ4v) is 3.33. The van der Waals surface area contributed by atoms with E-state index in [-0.39, 0.29) is 24.0 Å². The second kappa shape index (κ2) is 6.42. The number of hydrogen-bond acceptors (Lipinski definition) is 5. The summed E-state index contributed by atoms with van der Waals surface area (Å²) in [7, 11) is 0. The molecule has 3 heterocycles. The van der Waals surface area contributed by atoms with Crippen LogP contribution >= 0.6 is 0 Å². The smallest absolute Gasteiger partial charge is 0.259 e. The quantitative estimate of drug-likeness (QED) is 0.771. The molecular formula is C19H19N3O4. The van der Waals surface area contributed by atoms with Gasteiger partial charge in [-0.25, -0.2) is 0 Å². The molecule has 1 aromatic carbocycles. The molecule has 1 aliphatic heterocycles. The summed E-state index contributed by atoms with van der Waals surface area (Å²) in [4.78, 5) is 27.1. The molecule has 7 nitrogen and oxygen atoms in total. The molecule has 1 aliphatic rings. The zero-order valence-electron chi connectivity index (χ0n) is 14.3. The molecule has 1 unspecified atom stereocenters. The largest absolute Gasteiger partial charge is 0.388 e. The molecule has 0 bridgehead atoms. The average molecular weight is 353 g/mol. The number of carbonyl (C=O) groups is 1. The predicted molar refractivity (Wildman–Crippen MR) is 94.7 cm³/mol. The van der Waals surface area contributed by atoms with Crippen LogP contribution in [0.3, 0.4) is 0 Å². The average Bonchev–Trinajstić information content (AvgIpc) is 3.09. The van der Waals surface area contributed by atoms with Crippen LogP contribution in [-0.4, -0.2) is 38.7 Å². The van der Waals surface area contributed by atoms with Crippen LogP contribution in [0.15, 0.2) is 51.9 Å². The molecule has 26 heavy (non-hydrogen) atoms. The lowest BCUT2D eigenvalue weighted by molar-refractivity contribution is -0.139. The van der Waals surface area contributed by atoms with Crippen LogP contribution in [0, 0.1) is 0 Å². The van der Waals surface area contributed by atoms with Gasteiger partial charge in [0.25, 0.3) is 5.56 Å². The molecular weight excluding hydrogens is 334 g/mol. The molecule has 0 aliphatic carbocycles. The van der Waals surface area contributed by atoms with Gasteiger partial charge in [-0.1, -0.05) is 23.4 Å². The molecule has 2 aromatic heterocycles. The Kier molecular flexibility index (Phi) is 4.08. The summed E-state index contributed by atoms with van der Waals surface area (Å²) in [5.41, 5.74) is 0.582. The number of nitrogens with zero attached hydrogens (tertiary/aromatic N) is 3. The summed E-state index contributed by atoms with van der Waals surface area (Å²) in [6, 6.07) is 10.3. The number of pyridine rings is 1. The summed E-state index contributed by atoms with van der Waals surface area (Å²) < 4.78 is 6.47. The van der Waals surface area contributed by atoms with Gasteiger partial charge in [0, 0.05) is 36.7 Å². The van der Waals surface area contributed by atoms with Crippen LogP contribution in [0.5, 0.6) is 0 Å². The van der Waals surface area contributed by atoms with E-state index < -0.39 is 6.04 Å². The Hall–Kier alpha value is -2.93. The lowest BCUT2D eigenvalue weighted by Gasteiger charge is -2.39. The normalized spacial score (nSPS) is 15.8. The van der Waals surface area contributed by atoms with Gasteiger partial charge in [0.15, 0.2) is 5.76 Å². The zero-order valence-corrected chi connectivity index (χ0v) is 14.3. The summed E-state index contributed by atoms with van der Waals surface area (Å²) in [6.45, 7) is 2.61. The third-order valence-corrected chi connectivity index (χ3v) is 4.96. The van der Waals surface area contributed by atoms with Crippen molar-refractivity contribution < 1.29 is 14.4 Å². The number of carbonyl (C=O) groups excluding carboxylic acids is 1. The number of aliphatic hydroxyl groups is 1. The van der Waals surface area contributed by atoms with E-state index in [1.807, 2.05) is 24.3 Å². The van der Waals surface area contributed by atoms with E-state index in [4.69, 9.17) is 9.63 Å². The van der Waals surface area contributed by atoms with Crippen molar-refractivity contribution in [2.24, 2.45) is 0 Å². The van der Waals surface area contributed by atoms with Crippen molar-refractivity contribution in [3.05, 3.63) is 64.4 Å². The number of hydrogen-bond donors (Lipinski definition) is 1. The van der Waals surface area contributed by atoms with Crippen LogP contribution in [0.2, 0.25) is 0 Å². The molecule has 4 rings (SSSR count). The van der Waals surface area contributed by atoms with Gasteiger partial charge in [0.05, 0.1) is 5.69 Å². The molecule has 1 N–H and O–H groups in total. The number of aliphatic hydroxyl groups excluding tert-OH is 1. The first-order valence-corrected chi connectivity index (χ1v) is 8.53. The molecule has 0 saturated carbocycles. The van der Waals surface area contributed by atoms with Gasteiger partial charge in [-0.2, -0.15) is 0 Å². The highest BCUT2D eigenvalue weighted by Crippen LogP contribution is 2.28. The highest BCUT2D eigenvalue weighted by Gasteiger charge is 2.36. The maximum absolute atomic E-state index is 12.7. The van der Waals surface area contributed by atoms with Crippen LogP contribution in [-0.2, 0) is 11.4 Å². The summed E-state index contributed by atoms with van der Waals surface area (Å²) >= 11 is 0. The van der Waals surface area contributed by atoms with Crippen LogP contribution < -0.4 is 5.56 Å². The minimum atomic E-state index is -0.571. The molecule has 1 saturated heterocycles. The van der Waals surface area contributed by atoms with Crippen molar-refractivity contribution >= 4 is 16.7 Å². The van der Waals surface area contributed by atoms with Crippen molar-refractivity contribution in [3.8, 4) is 0 Å². The van der Waals surface area contributed by atoms with Crippen molar-refractivity contribution in [1.82, 2.24) is 14.6 Å². The van der Waals surface area contributed by atoms with Gasteiger partial charge in [0.1, 0.15) is 12.6 Å². The predicted octanol–water partition coefficient (Wildman–Crippen LogP) is 1.67. The van der Waals surface area contributed by atoms with Gasteiger partial charge in [-0.15, -0.1) is 0 Å². The second-order valence-corrected chi connectivity index (χ2v) is 6.61. The molecule has 1 fully saturated rings. The van der Waals surface area contributed by atoms with Gasteiger partial charge in [-0.3, -0.25) is 9.59 Å². The highest BCUT2D eigenvalue weighted by atomic mass is 16.5. The van der Waals surface area contributed by atoms with Crippen molar-refractivity contribution in [1.29, 1.82) is 0 Å². The Labute approximate surface area is 149 Å². The molecule has 0 radical (unpaired) electrons. The number of aromatic nitrogens is 2. The Morgan fingerprint density at radius 1 is 1.35 bits per heavy atom. The Morgan fingerprint density at radius 3 is 2.85 bits per heavy atom. The second-order valence-electron chi connectivity index (χ2n) is 6.61. The fourth-order valence-electron chi connectivity index (χ4n) is 3.33. The summed E-state index contributed by atoms with van der Waals surface area (Å²) in [6.07, 6.45) is 1.68. The first-order valence-electron chi connectivity index (χ1n) is 8.53. The van der Waals surface area contributed by atoms with E-state index in [2.05, 4.69) is 5.16 Å². The number of likely N-dealkylation sites (tertiary alicyclic amines) is 1. The maximum Gasteiger partial charge on any atom is 0.259 e. The SMILES string of the molecule is CC(C(=O)N1CC(c2cc(CO)on2)C1)n1ccc2ccccc2c1=O. The fraction of sp³-hybridized carbons (Fsp3) is 0.316. The third kappa shape index (κ3) is 2.70. The molecule has 1 atom stereocenters. The van der Waals surface area contributed by atoms with Crippen molar-refractivity contribution in [3.63, 3.8) is 0 Å². The molecule has 3 aromatic rings. The lowest BCUT2D eigenvalue weighted by atomic mass is 9.95. The third-order valence-electron chi connectivity index (χ3n) is 4.96. The Bertz CT molecular complexity index is 1020. The first-order chi connectivity index (χ1) is 12.6. The number of benzene rings is 1. The minimum Gasteiger partial charge on any atom is -0.388 e. The molecule has 7 heteroatoms. The monoisotopic (exact) mass is 353 g/mol. The van der Waals surface area contributed by atoms with Crippen molar-refractivity contribution in [2.45, 2.75) is 25.5 Å². The lowest BCUT2D eigenvalue weighted by Crippen LogP contribution is -2.51. The standard InChI is InChI=1S/C19H19N3O4/c1-12(22-7-6-13-4-2-3-5-16(13)19(22)25)18(24)21-9-14(10-21)17-8-15(11-23)26-20-17/h2-8,12,14,23H,9-11H2,1H3. The van der Waals surface area contributed by atoms with Gasteiger partial charge < -0.3 is 19.1 Å². The number of rotatable bonds is 4. The van der Waals surface area contributed by atoms with Crippen LogP contribution in [0.1, 0.15) is 30.3 Å². The van der Waals surface area contributed by atoms with Crippen LogP contribution in [0.25, 0.3) is 10.8 Å². The van der Waals surface area contributed by atoms with E-state index in [9.17, 15) is 9.59 Å². The number of fused-ring (bicyclic) bond motifs is 1. The van der Waals surface area contributed by atoms with E-state index in [1.54, 1.807) is 30.2 Å². The summed E-state index contributed by atoms with van der Waals surface area (Å²) in [5.74, 6) is 0.425. The molecule has 134 valence electrons. The van der Waals surface area contributed by atoms with Gasteiger partial charge in [-0.05, 0) is 24.4 Å². The van der Waals surface area contributed by atoms with E-state index in [1.165, 1.54) is 4.57 Å². The van der Waals surface area contributed by atoms with Crippen LogP contribution in [0.4, 0.5) is 0 Å². The molecule has 0 spiro atoms. The summed E-state index contributed by atoms with van der Waals surface area (Å²) in [5, 5.41) is 14.4. The van der Waals surface area contributed by atoms with E-state index >= 15 is 0 Å². The Balaban J connectivity index is 1.49. The topological polar surface area (TPSA) is 88.6 Å². The maximum atomic E-state index is 12.7. The van der Waals surface area contributed by atoms with Crippen molar-refractivity contribution in [2.75, 3.05) is 13.1 Å². The van der Waals surface area contributed by atoms with Gasteiger partial charge in [0.2, 0.25) is 5.91 Å². The highest BCUT2D eigenvalue weighted by molar-refractivity contribution is 5.84. The minimum absolute atomic E-state index is 0.0930. The molecule has 1 amide bonds.